The third-order valence-corrected chi connectivity index (χ3v) is 8.82. The fourth-order valence-electron chi connectivity index (χ4n) is 6.06. The molecule has 0 bridgehead atoms. The van der Waals surface area contributed by atoms with Gasteiger partial charge in [-0.05, 0) is 82.2 Å². The molecule has 7 nitrogen and oxygen atoms in total. The highest BCUT2D eigenvalue weighted by Gasteiger charge is 2.37. The number of fused-ring (bicyclic) bond motifs is 2. The van der Waals surface area contributed by atoms with Gasteiger partial charge in [0.25, 0.3) is 5.91 Å². The van der Waals surface area contributed by atoms with Crippen LogP contribution >= 0.6 is 0 Å². The number of aromatic amines is 1. The Morgan fingerprint density at radius 3 is 2.45 bits per heavy atom. The summed E-state index contributed by atoms with van der Waals surface area (Å²) in [5.74, 6) is 1.70. The average molecular weight is 562 g/mol. The maximum atomic E-state index is 13.0. The Morgan fingerprint density at radius 1 is 0.929 bits per heavy atom. The normalized spacial score (nSPS) is 15.4. The van der Waals surface area contributed by atoms with E-state index in [0.29, 0.717) is 25.3 Å². The lowest BCUT2D eigenvalue weighted by Gasteiger charge is -2.42. The summed E-state index contributed by atoms with van der Waals surface area (Å²) in [6, 6.07) is 18.5. The van der Waals surface area contributed by atoms with E-state index < -0.39 is 0 Å². The lowest BCUT2D eigenvalue weighted by Crippen LogP contribution is -2.34. The van der Waals surface area contributed by atoms with Crippen molar-refractivity contribution in [2.45, 2.75) is 77.8 Å². The molecule has 6 rings (SSSR count). The molecule has 0 radical (unpaired) electrons. The second kappa shape index (κ2) is 10.8. The minimum Gasteiger partial charge on any atom is -0.456 e. The Kier molecular flexibility index (Phi) is 7.13. The van der Waals surface area contributed by atoms with Crippen LogP contribution in [0.25, 0.3) is 11.0 Å². The molecule has 5 aromatic rings. The summed E-state index contributed by atoms with van der Waals surface area (Å²) in [5.41, 5.74) is 8.68. The Hall–Kier alpha value is -4.39. The molecule has 0 unspecified atom stereocenters. The lowest BCUT2D eigenvalue weighted by atomic mass is 9.62. The number of hydrogen-bond donors (Lipinski definition) is 3. The Bertz CT molecular complexity index is 1760. The number of benzene rings is 2. The Morgan fingerprint density at radius 2 is 1.67 bits per heavy atom. The summed E-state index contributed by atoms with van der Waals surface area (Å²) >= 11 is 0. The van der Waals surface area contributed by atoms with Crippen LogP contribution in [0.4, 0.5) is 5.82 Å². The van der Waals surface area contributed by atoms with Gasteiger partial charge < -0.3 is 20.0 Å². The van der Waals surface area contributed by atoms with Crippen molar-refractivity contribution in [3.8, 4) is 0 Å². The van der Waals surface area contributed by atoms with E-state index in [4.69, 9.17) is 4.42 Å². The van der Waals surface area contributed by atoms with Crippen molar-refractivity contribution in [3.63, 3.8) is 0 Å². The van der Waals surface area contributed by atoms with Gasteiger partial charge in [-0.25, -0.2) is 9.97 Å². The molecule has 0 aliphatic heterocycles. The molecule has 3 heterocycles. The van der Waals surface area contributed by atoms with Crippen LogP contribution < -0.4 is 10.6 Å². The van der Waals surface area contributed by atoms with Crippen LogP contribution in [0.3, 0.4) is 0 Å². The minimum atomic E-state index is -0.217. The van der Waals surface area contributed by atoms with Gasteiger partial charge in [-0.15, -0.1) is 0 Å². The monoisotopic (exact) mass is 561 g/mol. The number of aryl methyl sites for hydroxylation is 1. The molecule has 216 valence electrons. The Balaban J connectivity index is 1.09. The quantitative estimate of drug-likeness (QED) is 0.184. The van der Waals surface area contributed by atoms with E-state index >= 15 is 0 Å². The van der Waals surface area contributed by atoms with Gasteiger partial charge in [-0.2, -0.15) is 0 Å². The number of H-pyrrole nitrogens is 1. The van der Waals surface area contributed by atoms with Crippen LogP contribution in [-0.4, -0.2) is 20.9 Å². The van der Waals surface area contributed by atoms with Gasteiger partial charge in [-0.1, -0.05) is 64.1 Å². The van der Waals surface area contributed by atoms with Gasteiger partial charge in [0.15, 0.2) is 5.76 Å². The van der Waals surface area contributed by atoms with E-state index in [2.05, 4.69) is 84.5 Å². The molecule has 0 saturated heterocycles. The summed E-state index contributed by atoms with van der Waals surface area (Å²) < 4.78 is 6.03. The summed E-state index contributed by atoms with van der Waals surface area (Å²) in [6.45, 7) is 12.6. The predicted molar refractivity (Wildman–Crippen MR) is 167 cm³/mol. The minimum absolute atomic E-state index is 0.152. The number of hydrogen-bond acceptors (Lipinski definition) is 5. The van der Waals surface area contributed by atoms with E-state index in [1.165, 1.54) is 35.1 Å². The second-order valence-corrected chi connectivity index (χ2v) is 12.9. The highest BCUT2D eigenvalue weighted by Crippen LogP contribution is 2.46. The summed E-state index contributed by atoms with van der Waals surface area (Å²) in [7, 11) is 0. The van der Waals surface area contributed by atoms with Gasteiger partial charge in [-0.3, -0.25) is 4.79 Å². The summed E-state index contributed by atoms with van der Waals surface area (Å²) in [6.07, 6.45) is 6.44. The zero-order valence-electron chi connectivity index (χ0n) is 25.1. The van der Waals surface area contributed by atoms with Crippen molar-refractivity contribution >= 4 is 22.8 Å². The van der Waals surface area contributed by atoms with E-state index in [0.717, 1.165) is 33.7 Å². The van der Waals surface area contributed by atoms with Crippen molar-refractivity contribution in [2.24, 2.45) is 0 Å². The van der Waals surface area contributed by atoms with Crippen LogP contribution in [0, 0.1) is 6.92 Å². The zero-order valence-corrected chi connectivity index (χ0v) is 25.1. The molecule has 0 spiro atoms. The van der Waals surface area contributed by atoms with Crippen LogP contribution in [0.2, 0.25) is 0 Å². The largest absolute Gasteiger partial charge is 0.456 e. The van der Waals surface area contributed by atoms with Crippen molar-refractivity contribution in [1.82, 2.24) is 20.3 Å². The first-order valence-electron chi connectivity index (χ1n) is 14.7. The molecule has 1 aliphatic rings. The number of amides is 1. The molecule has 3 aromatic heterocycles. The van der Waals surface area contributed by atoms with Gasteiger partial charge in [0.05, 0.1) is 5.39 Å². The lowest BCUT2D eigenvalue weighted by molar-refractivity contribution is 0.0921. The summed E-state index contributed by atoms with van der Waals surface area (Å²) in [4.78, 5) is 24.7. The predicted octanol–water partition coefficient (Wildman–Crippen LogP) is 7.34. The number of aromatic nitrogens is 3. The number of rotatable bonds is 8. The molecule has 1 aliphatic carbocycles. The van der Waals surface area contributed by atoms with Crippen LogP contribution in [0.1, 0.15) is 90.2 Å². The number of anilines is 1. The molecule has 0 saturated carbocycles. The van der Waals surface area contributed by atoms with E-state index in [1.807, 2.05) is 30.5 Å². The maximum Gasteiger partial charge on any atom is 0.287 e. The highest BCUT2D eigenvalue weighted by atomic mass is 16.3. The molecule has 0 atom stereocenters. The van der Waals surface area contributed by atoms with Crippen LogP contribution in [0.5, 0.6) is 0 Å². The molecule has 1 amide bonds. The third-order valence-electron chi connectivity index (χ3n) is 8.82. The van der Waals surface area contributed by atoms with Gasteiger partial charge in [0.1, 0.15) is 23.6 Å². The van der Waals surface area contributed by atoms with Crippen molar-refractivity contribution < 1.29 is 9.21 Å². The van der Waals surface area contributed by atoms with Gasteiger partial charge in [0.2, 0.25) is 0 Å². The topological polar surface area (TPSA) is 95.8 Å². The SMILES string of the molecule is Cc1cc2c(cc1Cc1ccc(C(=O)NCc3cccc(CNc4ncnc5[nH]ccc45)c3)o1)C(C)(C)CCC2(C)C. The first-order valence-corrected chi connectivity index (χ1v) is 14.7. The summed E-state index contributed by atoms with van der Waals surface area (Å²) in [5, 5.41) is 7.35. The number of furan rings is 1. The number of carbonyl (C=O) groups is 1. The van der Waals surface area contributed by atoms with Crippen molar-refractivity contribution in [3.05, 3.63) is 112 Å². The average Bonchev–Trinajstić information content (AvgIpc) is 3.64. The van der Waals surface area contributed by atoms with Gasteiger partial charge >= 0.3 is 0 Å². The Labute approximate surface area is 247 Å². The molecule has 42 heavy (non-hydrogen) atoms. The molecule has 3 N–H and O–H groups in total. The molecular weight excluding hydrogens is 522 g/mol. The van der Waals surface area contributed by atoms with Gasteiger partial charge in [0, 0.05) is 25.7 Å². The van der Waals surface area contributed by atoms with Crippen LogP contribution in [-0.2, 0) is 30.3 Å². The van der Waals surface area contributed by atoms with E-state index in [-0.39, 0.29) is 16.7 Å². The number of nitrogens with one attached hydrogen (secondary N) is 3. The second-order valence-electron chi connectivity index (χ2n) is 12.9. The standard InChI is InChI=1S/C35H39N5O2/c1-22-15-28-29(35(4,5)13-12-34(28,2)3)18-25(22)17-26-9-10-30(42-26)33(41)38-20-24-8-6-7-23(16-24)19-37-32-27-11-14-36-31(27)39-21-40-32/h6-11,14-16,18,21H,12-13,17,19-20H2,1-5H3,(H,38,41)(H2,36,37,39,40). The molecule has 0 fully saturated rings. The number of carbonyl (C=O) groups excluding carboxylic acids is 1. The van der Waals surface area contributed by atoms with E-state index in [1.54, 1.807) is 12.4 Å². The van der Waals surface area contributed by atoms with Crippen molar-refractivity contribution in [2.75, 3.05) is 5.32 Å². The molecule has 2 aromatic carbocycles. The number of nitrogens with zero attached hydrogens (tertiary/aromatic N) is 2. The zero-order chi connectivity index (χ0) is 29.5. The highest BCUT2D eigenvalue weighted by molar-refractivity contribution is 5.91. The first kappa shape index (κ1) is 27.8. The molecule has 7 heteroatoms. The van der Waals surface area contributed by atoms with E-state index in [9.17, 15) is 4.79 Å². The van der Waals surface area contributed by atoms with Crippen molar-refractivity contribution in [1.29, 1.82) is 0 Å². The molecular formula is C35H39N5O2. The maximum absolute atomic E-state index is 13.0. The van der Waals surface area contributed by atoms with Crippen LogP contribution in [0.15, 0.2) is 71.5 Å². The third kappa shape index (κ3) is 5.56. The fraction of sp³-hybridized carbons (Fsp3) is 0.343. The fourth-order valence-corrected chi connectivity index (χ4v) is 6.06. The smallest absolute Gasteiger partial charge is 0.287 e. The first-order chi connectivity index (χ1) is 20.1.